The van der Waals surface area contributed by atoms with Crippen LogP contribution in [0.2, 0.25) is 0 Å². The van der Waals surface area contributed by atoms with Gasteiger partial charge in [0.25, 0.3) is 0 Å². The third kappa shape index (κ3) is 2.91. The molecule has 3 aromatic rings. The summed E-state index contributed by atoms with van der Waals surface area (Å²) < 4.78 is 33.9. The van der Waals surface area contributed by atoms with Gasteiger partial charge in [-0.1, -0.05) is 12.1 Å². The number of rotatable bonds is 4. The highest BCUT2D eigenvalue weighted by atomic mass is 19.2. The minimum Gasteiger partial charge on any atom is -0.377 e. The smallest absolute Gasteiger partial charge is 0.161 e. The van der Waals surface area contributed by atoms with Crippen molar-refractivity contribution in [3.05, 3.63) is 65.0 Å². The van der Waals surface area contributed by atoms with E-state index in [9.17, 15) is 8.78 Å². The van der Waals surface area contributed by atoms with Gasteiger partial charge >= 0.3 is 0 Å². The molecule has 0 bridgehead atoms. The largest absolute Gasteiger partial charge is 0.377 e. The number of fused-ring (bicyclic) bond motifs is 1. The molecule has 3 rings (SSSR count). The Morgan fingerprint density at radius 3 is 2.52 bits per heavy atom. The highest BCUT2D eigenvalue weighted by molar-refractivity contribution is 5.76. The van der Waals surface area contributed by atoms with Crippen LogP contribution < -0.4 is 0 Å². The Morgan fingerprint density at radius 2 is 1.87 bits per heavy atom. The minimum absolute atomic E-state index is 0.230. The fourth-order valence-electron chi connectivity index (χ4n) is 2.45. The predicted octanol–water partition coefficient (Wildman–Crippen LogP) is 3.38. The van der Waals surface area contributed by atoms with Crippen LogP contribution in [0.4, 0.5) is 8.78 Å². The lowest BCUT2D eigenvalue weighted by Crippen LogP contribution is -2.06. The predicted molar refractivity (Wildman–Crippen MR) is 80.6 cm³/mol. The standard InChI is InChI=1S/C17H13F2N3O/c1-23-10-17-21-15-6-13(18)14(19)7-16(15)22(17)9-12-4-2-11(8-20)3-5-12/h2-7H,9-10H2,1H3. The summed E-state index contributed by atoms with van der Waals surface area (Å²) in [7, 11) is 1.53. The summed E-state index contributed by atoms with van der Waals surface area (Å²) >= 11 is 0. The average Bonchev–Trinajstić information content (AvgIpc) is 2.86. The van der Waals surface area contributed by atoms with Crippen LogP contribution in [-0.2, 0) is 17.9 Å². The van der Waals surface area contributed by atoms with E-state index in [1.807, 2.05) is 12.1 Å². The third-order valence-corrected chi connectivity index (χ3v) is 3.57. The fourth-order valence-corrected chi connectivity index (χ4v) is 2.45. The van der Waals surface area contributed by atoms with Gasteiger partial charge in [-0.05, 0) is 17.7 Å². The van der Waals surface area contributed by atoms with Crippen LogP contribution in [0.15, 0.2) is 36.4 Å². The molecule has 0 aliphatic rings. The van der Waals surface area contributed by atoms with E-state index >= 15 is 0 Å². The summed E-state index contributed by atoms with van der Waals surface area (Å²) in [6.07, 6.45) is 0. The number of imidazole rings is 1. The van der Waals surface area contributed by atoms with E-state index in [1.54, 1.807) is 16.7 Å². The fraction of sp³-hybridized carbons (Fsp3) is 0.176. The second-order valence-corrected chi connectivity index (χ2v) is 5.11. The van der Waals surface area contributed by atoms with Crippen LogP contribution in [0.25, 0.3) is 11.0 Å². The van der Waals surface area contributed by atoms with Gasteiger partial charge < -0.3 is 9.30 Å². The number of aromatic nitrogens is 2. The van der Waals surface area contributed by atoms with Crippen LogP contribution in [0.3, 0.4) is 0 Å². The van der Waals surface area contributed by atoms with E-state index in [0.717, 1.165) is 17.7 Å². The van der Waals surface area contributed by atoms with Gasteiger partial charge in [-0.2, -0.15) is 5.26 Å². The monoisotopic (exact) mass is 313 g/mol. The van der Waals surface area contributed by atoms with Gasteiger partial charge in [-0.25, -0.2) is 13.8 Å². The maximum Gasteiger partial charge on any atom is 0.161 e. The summed E-state index contributed by atoms with van der Waals surface area (Å²) in [5, 5.41) is 8.84. The van der Waals surface area contributed by atoms with Gasteiger partial charge in [0.05, 0.1) is 22.7 Å². The van der Waals surface area contributed by atoms with Crippen molar-refractivity contribution in [2.45, 2.75) is 13.2 Å². The highest BCUT2D eigenvalue weighted by Crippen LogP contribution is 2.22. The summed E-state index contributed by atoms with van der Waals surface area (Å²) in [5.41, 5.74) is 2.37. The highest BCUT2D eigenvalue weighted by Gasteiger charge is 2.14. The van der Waals surface area contributed by atoms with E-state index in [-0.39, 0.29) is 6.61 Å². The molecule has 23 heavy (non-hydrogen) atoms. The van der Waals surface area contributed by atoms with Gasteiger partial charge in [-0.15, -0.1) is 0 Å². The van der Waals surface area contributed by atoms with Gasteiger partial charge in [-0.3, -0.25) is 0 Å². The van der Waals surface area contributed by atoms with Crippen molar-refractivity contribution in [1.29, 1.82) is 5.26 Å². The summed E-state index contributed by atoms with van der Waals surface area (Å²) in [5.74, 6) is -1.26. The first-order valence-corrected chi connectivity index (χ1v) is 6.94. The minimum atomic E-state index is -0.926. The molecule has 1 heterocycles. The lowest BCUT2D eigenvalue weighted by Gasteiger charge is -2.09. The Balaban J connectivity index is 2.07. The molecule has 0 unspecified atom stereocenters. The van der Waals surface area contributed by atoms with Gasteiger partial charge in [0.15, 0.2) is 11.6 Å². The molecule has 0 saturated carbocycles. The molecular weight excluding hydrogens is 300 g/mol. The van der Waals surface area contributed by atoms with Gasteiger partial charge in [0, 0.05) is 25.8 Å². The zero-order valence-electron chi connectivity index (χ0n) is 12.4. The number of ether oxygens (including phenoxy) is 1. The zero-order chi connectivity index (χ0) is 16.4. The quantitative estimate of drug-likeness (QED) is 0.742. The van der Waals surface area contributed by atoms with Gasteiger partial charge in [0.2, 0.25) is 0 Å². The molecule has 0 N–H and O–H groups in total. The summed E-state index contributed by atoms with van der Waals surface area (Å²) in [4.78, 5) is 4.31. The molecule has 1 aromatic heterocycles. The lowest BCUT2D eigenvalue weighted by molar-refractivity contribution is 0.175. The SMILES string of the molecule is COCc1nc2cc(F)c(F)cc2n1Cc1ccc(C#N)cc1. The first-order chi connectivity index (χ1) is 11.1. The molecular formula is C17H13F2N3O. The van der Waals surface area contributed by atoms with Crippen molar-refractivity contribution in [3.8, 4) is 6.07 Å². The molecule has 0 aliphatic heterocycles. The average molecular weight is 313 g/mol. The van der Waals surface area contributed by atoms with E-state index < -0.39 is 11.6 Å². The summed E-state index contributed by atoms with van der Waals surface area (Å²) in [6, 6.07) is 11.3. The zero-order valence-corrected chi connectivity index (χ0v) is 12.4. The first-order valence-electron chi connectivity index (χ1n) is 6.94. The topological polar surface area (TPSA) is 50.8 Å². The van der Waals surface area contributed by atoms with Crippen LogP contribution in [-0.4, -0.2) is 16.7 Å². The maximum absolute atomic E-state index is 13.6. The molecule has 0 aliphatic carbocycles. The Kier molecular flexibility index (Phi) is 4.04. The van der Waals surface area contributed by atoms with Crippen LogP contribution in [0.5, 0.6) is 0 Å². The van der Waals surface area contributed by atoms with Crippen LogP contribution in [0.1, 0.15) is 17.0 Å². The molecule has 6 heteroatoms. The maximum atomic E-state index is 13.6. The van der Waals surface area contributed by atoms with Crippen molar-refractivity contribution in [3.63, 3.8) is 0 Å². The molecule has 0 atom stereocenters. The Labute approximate surface area is 131 Å². The number of nitrogens with zero attached hydrogens (tertiary/aromatic N) is 3. The molecule has 0 amide bonds. The molecule has 0 saturated heterocycles. The molecule has 0 spiro atoms. The molecule has 116 valence electrons. The van der Waals surface area contributed by atoms with E-state index in [4.69, 9.17) is 10.00 Å². The number of methoxy groups -OCH3 is 1. The van der Waals surface area contributed by atoms with Gasteiger partial charge in [0.1, 0.15) is 12.4 Å². The van der Waals surface area contributed by atoms with Crippen LogP contribution >= 0.6 is 0 Å². The van der Waals surface area contributed by atoms with E-state index in [2.05, 4.69) is 11.1 Å². The normalized spacial score (nSPS) is 10.9. The van der Waals surface area contributed by atoms with E-state index in [1.165, 1.54) is 7.11 Å². The molecule has 4 nitrogen and oxygen atoms in total. The van der Waals surface area contributed by atoms with Crippen molar-refractivity contribution in [1.82, 2.24) is 9.55 Å². The Hall–Kier alpha value is -2.78. The van der Waals surface area contributed by atoms with Crippen molar-refractivity contribution >= 4 is 11.0 Å². The third-order valence-electron chi connectivity index (χ3n) is 3.57. The molecule has 2 aromatic carbocycles. The number of benzene rings is 2. The number of halogens is 2. The second kappa shape index (κ2) is 6.15. The van der Waals surface area contributed by atoms with E-state index in [0.29, 0.717) is 29.0 Å². The lowest BCUT2D eigenvalue weighted by atomic mass is 10.1. The number of nitriles is 1. The van der Waals surface area contributed by atoms with Crippen LogP contribution in [0, 0.1) is 23.0 Å². The summed E-state index contributed by atoms with van der Waals surface area (Å²) in [6.45, 7) is 0.653. The Morgan fingerprint density at radius 1 is 1.17 bits per heavy atom. The van der Waals surface area contributed by atoms with Crippen molar-refractivity contribution in [2.75, 3.05) is 7.11 Å². The first kappa shape index (κ1) is 15.1. The van der Waals surface area contributed by atoms with Crippen molar-refractivity contribution in [2.24, 2.45) is 0 Å². The second-order valence-electron chi connectivity index (χ2n) is 5.11. The Bertz CT molecular complexity index is 895. The van der Waals surface area contributed by atoms with Crippen molar-refractivity contribution < 1.29 is 13.5 Å². The number of hydrogen-bond donors (Lipinski definition) is 0. The molecule has 0 fully saturated rings. The number of hydrogen-bond acceptors (Lipinski definition) is 3. The molecule has 0 radical (unpaired) electrons.